The molecule has 1 aliphatic rings. The van der Waals surface area contributed by atoms with Crippen LogP contribution >= 0.6 is 0 Å². The number of benzene rings is 5. The highest BCUT2D eigenvalue weighted by Crippen LogP contribution is 2.41. The fourth-order valence-corrected chi connectivity index (χ4v) is 6.90. The number of aliphatic imine (C=N–C) groups is 1. The summed E-state index contributed by atoms with van der Waals surface area (Å²) < 4.78 is 23.4. The Hall–Kier alpha value is -5.69. The molecule has 2 atom stereocenters. The van der Waals surface area contributed by atoms with Gasteiger partial charge in [-0.25, -0.2) is 14.2 Å². The number of alkyl halides is 1. The molecular weight excluding hydrogens is 624 g/mol. The minimum atomic E-state index is -1.36. The Bertz CT molecular complexity index is 1830. The predicted molar refractivity (Wildman–Crippen MR) is 185 cm³/mol. The summed E-state index contributed by atoms with van der Waals surface area (Å²) in [7, 11) is -1.31. The number of halogens is 1. The Morgan fingerprint density at radius 1 is 0.750 bits per heavy atom. The lowest BCUT2D eigenvalue weighted by atomic mass is 9.77. The number of rotatable bonds is 11. The zero-order valence-corrected chi connectivity index (χ0v) is 26.5. The Balaban J connectivity index is 1.43. The Labute approximate surface area is 281 Å². The third kappa shape index (κ3) is 6.86. The molecule has 238 valence electrons. The van der Waals surface area contributed by atoms with Gasteiger partial charge in [-0.3, -0.25) is 4.79 Å². The lowest BCUT2D eigenvalue weighted by molar-refractivity contribution is -0.149. The molecule has 5 aromatic rings. The van der Waals surface area contributed by atoms with Gasteiger partial charge < -0.3 is 10.1 Å². The molecule has 1 heterocycles. The van der Waals surface area contributed by atoms with Gasteiger partial charge in [0.15, 0.2) is 17.2 Å². The molecule has 7 nitrogen and oxygen atoms in total. The Morgan fingerprint density at radius 2 is 1.19 bits per heavy atom. The quantitative estimate of drug-likeness (QED) is 0.0887. The summed E-state index contributed by atoms with van der Waals surface area (Å²) in [4.78, 5) is 24.0. The number of carbonyl (C=O) groups is 1. The minimum Gasteiger partial charge on any atom is -0.451 e. The highest BCUT2D eigenvalue weighted by Gasteiger charge is 2.39. The van der Waals surface area contributed by atoms with E-state index in [4.69, 9.17) is 14.6 Å². The van der Waals surface area contributed by atoms with Gasteiger partial charge in [0.1, 0.15) is 5.54 Å². The van der Waals surface area contributed by atoms with Crippen LogP contribution in [0.1, 0.15) is 33.9 Å². The first-order valence-electron chi connectivity index (χ1n) is 15.2. The maximum atomic E-state index is 13.8. The van der Waals surface area contributed by atoms with Crippen molar-refractivity contribution in [2.24, 2.45) is 15.4 Å². The number of hydrogen-bond donors (Lipinski definition) is 1. The standard InChI is InChI=1S/C39H31FN4O3S/c40-28-46-44-48-27-35(34(26-41)37(45)47-36(29-16-6-1-7-17-29)30-18-8-2-9-19-30)42-38(48)43-39(31-20-10-3-11-21-31,32-22-12-4-13-23-32)33-24-14-5-15-25-33/h1-25,27,34,36H,28H2,(H,42,43). The van der Waals surface area contributed by atoms with Crippen LogP contribution in [-0.2, 0) is 30.6 Å². The molecule has 0 bridgehead atoms. The summed E-state index contributed by atoms with van der Waals surface area (Å²) in [6.07, 6.45) is -0.745. The molecule has 5 aromatic carbocycles. The van der Waals surface area contributed by atoms with E-state index in [0.717, 1.165) is 27.8 Å². The molecule has 2 unspecified atom stereocenters. The van der Waals surface area contributed by atoms with Crippen molar-refractivity contribution in [1.29, 1.82) is 5.26 Å². The summed E-state index contributed by atoms with van der Waals surface area (Å²) >= 11 is 0. The van der Waals surface area contributed by atoms with Crippen LogP contribution in [0, 0.1) is 17.2 Å². The second-order valence-electron chi connectivity index (χ2n) is 10.8. The van der Waals surface area contributed by atoms with Crippen LogP contribution in [-0.4, -0.2) is 18.0 Å². The molecule has 0 saturated heterocycles. The van der Waals surface area contributed by atoms with E-state index in [-0.39, 0.29) is 5.70 Å². The van der Waals surface area contributed by atoms with Crippen LogP contribution in [0.15, 0.2) is 172 Å². The lowest BCUT2D eigenvalue weighted by Gasteiger charge is -2.32. The second-order valence-corrected chi connectivity index (χ2v) is 12.2. The van der Waals surface area contributed by atoms with Crippen LogP contribution in [0.3, 0.4) is 0 Å². The van der Waals surface area contributed by atoms with Crippen molar-refractivity contribution in [1.82, 2.24) is 5.32 Å². The van der Waals surface area contributed by atoms with Crippen LogP contribution in [0.2, 0.25) is 0 Å². The first-order chi connectivity index (χ1) is 23.6. The third-order valence-corrected chi connectivity index (χ3v) is 9.16. The maximum absolute atomic E-state index is 13.8. The van der Waals surface area contributed by atoms with Crippen molar-refractivity contribution in [2.75, 3.05) is 6.86 Å². The second kappa shape index (κ2) is 15.3. The molecule has 48 heavy (non-hydrogen) atoms. The first-order valence-corrected chi connectivity index (χ1v) is 16.5. The van der Waals surface area contributed by atoms with E-state index in [1.54, 1.807) is 5.41 Å². The number of esters is 1. The van der Waals surface area contributed by atoms with Gasteiger partial charge in [-0.2, -0.15) is 5.26 Å². The summed E-state index contributed by atoms with van der Waals surface area (Å²) in [6, 6.07) is 50.1. The lowest BCUT2D eigenvalue weighted by Crippen LogP contribution is -2.34. The van der Waals surface area contributed by atoms with Crippen molar-refractivity contribution in [3.63, 3.8) is 0 Å². The van der Waals surface area contributed by atoms with Gasteiger partial charge in [-0.1, -0.05) is 156 Å². The number of hydrogen-bond acceptors (Lipinski definition) is 6. The zero-order chi connectivity index (χ0) is 33.2. The molecule has 0 saturated carbocycles. The fraction of sp³-hybridized carbons (Fsp3) is 0.103. The van der Waals surface area contributed by atoms with E-state index >= 15 is 0 Å². The predicted octanol–water partition coefficient (Wildman–Crippen LogP) is 7.91. The molecule has 0 fully saturated rings. The molecule has 0 aliphatic carbocycles. The van der Waals surface area contributed by atoms with Gasteiger partial charge in [-0.15, -0.1) is 0 Å². The molecule has 0 spiro atoms. The molecule has 0 aromatic heterocycles. The first kappa shape index (κ1) is 32.3. The smallest absolute Gasteiger partial charge is 0.330 e. The Kier molecular flexibility index (Phi) is 10.3. The number of nitrogens with one attached hydrogen (secondary N) is 1. The molecule has 6 rings (SSSR count). The minimum absolute atomic E-state index is 0.221. The van der Waals surface area contributed by atoms with Crippen molar-refractivity contribution in [3.8, 4) is 6.07 Å². The molecule has 9 heteroatoms. The summed E-state index contributed by atoms with van der Waals surface area (Å²) in [5.41, 5.74) is 3.25. The third-order valence-electron chi connectivity index (χ3n) is 7.83. The van der Waals surface area contributed by atoms with Crippen molar-refractivity contribution >= 4 is 21.8 Å². The highest BCUT2D eigenvalue weighted by atomic mass is 32.2. The monoisotopic (exact) mass is 654 g/mol. The largest absolute Gasteiger partial charge is 0.451 e. The Morgan fingerprint density at radius 3 is 1.60 bits per heavy atom. The van der Waals surface area contributed by atoms with Crippen LogP contribution in [0.5, 0.6) is 0 Å². The van der Waals surface area contributed by atoms with Crippen molar-refractivity contribution in [3.05, 3.63) is 191 Å². The summed E-state index contributed by atoms with van der Waals surface area (Å²) in [5.74, 6) is -2.12. The maximum Gasteiger partial charge on any atom is 0.330 e. The van der Waals surface area contributed by atoms with Gasteiger partial charge in [0.2, 0.25) is 6.86 Å². The number of carbonyl (C=O) groups excluding carboxylic acids is 1. The summed E-state index contributed by atoms with van der Waals surface area (Å²) in [5, 5.41) is 15.4. The molecule has 1 N–H and O–H groups in total. The molecular formula is C39H31FN4O3S. The van der Waals surface area contributed by atoms with Gasteiger partial charge in [0.05, 0.1) is 11.8 Å². The average Bonchev–Trinajstić information content (AvgIpc) is 3.55. The molecule has 0 amide bonds. The normalized spacial score (nSPS) is 15.8. The summed E-state index contributed by atoms with van der Waals surface area (Å²) in [6.45, 7) is -1.15. The topological polar surface area (TPSA) is 96.1 Å². The molecule has 1 aliphatic heterocycles. The SMILES string of the molecule is N#CC(C(=O)OC(c1ccccc1)c1ccccc1)C1=C/S(=N/OCF)C(=NC(c2ccccc2)(c2ccccc2)c2ccccc2)N1. The van der Waals surface area contributed by atoms with Crippen LogP contribution < -0.4 is 5.32 Å². The van der Waals surface area contributed by atoms with Gasteiger partial charge in [-0.05, 0) is 27.8 Å². The van der Waals surface area contributed by atoms with Gasteiger partial charge in [0.25, 0.3) is 0 Å². The van der Waals surface area contributed by atoms with Gasteiger partial charge >= 0.3 is 5.97 Å². The van der Waals surface area contributed by atoms with Crippen molar-refractivity contribution < 1.29 is 18.8 Å². The number of nitrogens with zero attached hydrogens (tertiary/aromatic N) is 3. The van der Waals surface area contributed by atoms with Gasteiger partial charge in [0, 0.05) is 16.1 Å². The highest BCUT2D eigenvalue weighted by molar-refractivity contribution is 8.05. The van der Waals surface area contributed by atoms with E-state index in [2.05, 4.69) is 15.9 Å². The number of nitriles is 1. The van der Waals surface area contributed by atoms with E-state index in [1.165, 1.54) is 0 Å². The van der Waals surface area contributed by atoms with Crippen molar-refractivity contribution in [2.45, 2.75) is 11.6 Å². The van der Waals surface area contributed by atoms with E-state index < -0.39 is 41.1 Å². The number of ether oxygens (including phenoxy) is 1. The van der Waals surface area contributed by atoms with E-state index in [0.29, 0.717) is 5.17 Å². The average molecular weight is 655 g/mol. The zero-order valence-electron chi connectivity index (χ0n) is 25.7. The van der Waals surface area contributed by atoms with Crippen LogP contribution in [0.25, 0.3) is 0 Å². The number of amidine groups is 1. The van der Waals surface area contributed by atoms with E-state index in [1.807, 2.05) is 152 Å². The van der Waals surface area contributed by atoms with Crippen LogP contribution in [0.4, 0.5) is 4.39 Å². The van der Waals surface area contributed by atoms with E-state index in [9.17, 15) is 14.4 Å². The molecule has 0 radical (unpaired) electrons. The fourth-order valence-electron chi connectivity index (χ4n) is 5.63.